The number of alkyl halides is 3. The molecule has 9 N–H and O–H groups in total. The lowest BCUT2D eigenvalue weighted by Gasteiger charge is -2.29. The van der Waals surface area contributed by atoms with Crippen molar-refractivity contribution in [2.24, 2.45) is 0 Å². The van der Waals surface area contributed by atoms with Gasteiger partial charge in [0.2, 0.25) is 0 Å². The summed E-state index contributed by atoms with van der Waals surface area (Å²) in [5.74, 6) is -11.1. The van der Waals surface area contributed by atoms with Gasteiger partial charge >= 0.3 is 25.7 Å². The lowest BCUT2D eigenvalue weighted by atomic mass is 9.99. The Balaban J connectivity index is 1.90. The SMILES string of the molecule is BC1(O)N(P(=O)(O[C@@H](c2ccc(N)c3ccccc23)C(F)(F)F)N2C(O)(O)C2(O)O)C1(O)O. The summed E-state index contributed by atoms with van der Waals surface area (Å²) < 4.78 is 59.8. The van der Waals surface area contributed by atoms with E-state index in [4.69, 9.17) is 10.3 Å². The number of halogens is 3. The zero-order chi connectivity index (χ0) is 25.0. The molecule has 0 bridgehead atoms. The van der Waals surface area contributed by atoms with Crippen LogP contribution in [0, 0.1) is 0 Å². The third-order valence-corrected chi connectivity index (χ3v) is 8.33. The number of nitrogens with zero attached hydrogens (tertiary/aromatic N) is 2. The molecule has 2 saturated heterocycles. The number of aliphatic hydroxyl groups is 7. The van der Waals surface area contributed by atoms with E-state index in [0.717, 1.165) is 12.1 Å². The predicted octanol–water partition coefficient (Wildman–Crippen LogP) is -2.02. The highest BCUT2D eigenvalue weighted by Gasteiger charge is 2.91. The highest BCUT2D eigenvalue weighted by Crippen LogP contribution is 2.78. The predicted molar refractivity (Wildman–Crippen MR) is 105 cm³/mol. The van der Waals surface area contributed by atoms with Crippen molar-refractivity contribution in [1.82, 2.24) is 9.34 Å². The molecule has 0 aromatic heterocycles. The maximum absolute atomic E-state index is 14.2. The summed E-state index contributed by atoms with van der Waals surface area (Å²) in [5, 5.41) is 68.8. The average molecular weight is 495 g/mol. The molecule has 2 aromatic rings. The van der Waals surface area contributed by atoms with E-state index in [0.29, 0.717) is 7.85 Å². The van der Waals surface area contributed by atoms with Gasteiger partial charge in [-0.05, 0) is 17.0 Å². The van der Waals surface area contributed by atoms with Gasteiger partial charge in [0.25, 0.3) is 5.91 Å². The molecule has 3 unspecified atom stereocenters. The molecule has 0 saturated carbocycles. The van der Waals surface area contributed by atoms with Crippen LogP contribution in [0.15, 0.2) is 36.4 Å². The van der Waals surface area contributed by atoms with Crippen molar-refractivity contribution in [1.29, 1.82) is 0 Å². The second-order valence-electron chi connectivity index (χ2n) is 7.86. The van der Waals surface area contributed by atoms with E-state index >= 15 is 0 Å². The summed E-state index contributed by atoms with van der Waals surface area (Å²) in [5.41, 5.74) is 2.29. The maximum atomic E-state index is 14.2. The normalized spacial score (nSPS) is 30.5. The Labute approximate surface area is 183 Å². The van der Waals surface area contributed by atoms with Gasteiger partial charge < -0.3 is 41.5 Å². The van der Waals surface area contributed by atoms with Gasteiger partial charge in [0.05, 0.1) is 0 Å². The number of anilines is 1. The third kappa shape index (κ3) is 3.15. The van der Waals surface area contributed by atoms with E-state index in [9.17, 15) is 53.5 Å². The molecule has 2 aliphatic heterocycles. The van der Waals surface area contributed by atoms with Crippen molar-refractivity contribution in [3.8, 4) is 0 Å². The summed E-state index contributed by atoms with van der Waals surface area (Å²) >= 11 is 0. The molecule has 33 heavy (non-hydrogen) atoms. The van der Waals surface area contributed by atoms with Crippen LogP contribution in [0.25, 0.3) is 10.8 Å². The first-order chi connectivity index (χ1) is 14.8. The van der Waals surface area contributed by atoms with Gasteiger partial charge in [-0.3, -0.25) is 9.09 Å². The Hall–Kier alpha value is -1.82. The Morgan fingerprint density at radius 1 is 0.909 bits per heavy atom. The maximum Gasteiger partial charge on any atom is 0.419 e. The fourth-order valence-electron chi connectivity index (χ4n) is 3.68. The Morgan fingerprint density at radius 2 is 1.39 bits per heavy atom. The number of nitrogens with two attached hydrogens (primary N) is 1. The fraction of sp³-hybridized carbons (Fsp3) is 0.375. The van der Waals surface area contributed by atoms with Crippen molar-refractivity contribution in [2.75, 3.05) is 5.73 Å². The molecule has 2 aromatic carbocycles. The van der Waals surface area contributed by atoms with E-state index in [1.165, 1.54) is 24.3 Å². The number of rotatable bonds is 5. The first-order valence-electron chi connectivity index (χ1n) is 9.13. The van der Waals surface area contributed by atoms with Crippen molar-refractivity contribution in [3.63, 3.8) is 0 Å². The topological polar surface area (TPSA) is 200 Å². The lowest BCUT2D eigenvalue weighted by Crippen LogP contribution is -2.30. The monoisotopic (exact) mass is 495 g/mol. The van der Waals surface area contributed by atoms with Gasteiger partial charge in [-0.15, -0.1) is 4.67 Å². The first kappa shape index (κ1) is 24.3. The van der Waals surface area contributed by atoms with Crippen LogP contribution < -0.4 is 5.73 Å². The van der Waals surface area contributed by atoms with Crippen LogP contribution in [-0.4, -0.2) is 82.5 Å². The molecule has 2 fully saturated rings. The van der Waals surface area contributed by atoms with Gasteiger partial charge in [0.15, 0.2) is 19.6 Å². The average Bonchev–Trinajstić information content (AvgIpc) is 3.29. The third-order valence-electron chi connectivity index (χ3n) is 5.60. The first-order valence-corrected chi connectivity index (χ1v) is 10.7. The summed E-state index contributed by atoms with van der Waals surface area (Å²) in [7, 11) is -5.26. The van der Waals surface area contributed by atoms with Crippen molar-refractivity contribution in [3.05, 3.63) is 42.0 Å². The van der Waals surface area contributed by atoms with E-state index in [1.807, 2.05) is 0 Å². The minimum Gasteiger partial charge on any atom is -0.398 e. The molecule has 0 spiro atoms. The lowest BCUT2D eigenvalue weighted by molar-refractivity contribution is -0.207. The van der Waals surface area contributed by atoms with Crippen LogP contribution in [0.1, 0.15) is 11.7 Å². The smallest absolute Gasteiger partial charge is 0.398 e. The molecule has 4 rings (SSSR count). The summed E-state index contributed by atoms with van der Waals surface area (Å²) in [4.78, 5) is 0. The molecule has 17 heteroatoms. The summed E-state index contributed by atoms with van der Waals surface area (Å²) in [6.07, 6.45) is -8.52. The zero-order valence-electron chi connectivity index (χ0n) is 16.5. The fourth-order valence-corrected chi connectivity index (χ4v) is 6.61. The molecule has 0 amide bonds. The molecule has 12 nitrogen and oxygen atoms in total. The number of hydrogen-bond donors (Lipinski definition) is 8. The number of hydrogen-bond acceptors (Lipinski definition) is 10. The molecule has 2 heterocycles. The van der Waals surface area contributed by atoms with Crippen LogP contribution in [0.2, 0.25) is 0 Å². The van der Waals surface area contributed by atoms with Gasteiger partial charge in [-0.25, -0.2) is 0 Å². The van der Waals surface area contributed by atoms with E-state index < -0.39 is 53.5 Å². The highest BCUT2D eigenvalue weighted by molar-refractivity contribution is 7.55. The standard InChI is InChI=1S/C16H18BF3N3O9P/c17-13(24)14(25,26)22(13)33(31,23-15(27,28)16(23,29)30)32-11(12(18,19)20)9-5-6-10(21)8-4-2-1-3-7(8)9/h1-6,11,24-30H,17,21H2/t11-,13?,22?,33?/m0/s1. The van der Waals surface area contributed by atoms with Crippen LogP contribution in [-0.2, 0) is 9.09 Å². The zero-order valence-corrected chi connectivity index (χ0v) is 17.4. The van der Waals surface area contributed by atoms with E-state index in [1.54, 1.807) is 0 Å². The van der Waals surface area contributed by atoms with E-state index in [2.05, 4.69) is 0 Å². The van der Waals surface area contributed by atoms with Crippen LogP contribution in [0.5, 0.6) is 0 Å². The van der Waals surface area contributed by atoms with Crippen molar-refractivity contribution >= 4 is 32.0 Å². The number of fused-ring (bicyclic) bond motifs is 1. The largest absolute Gasteiger partial charge is 0.419 e. The summed E-state index contributed by atoms with van der Waals surface area (Å²) in [6, 6.07) is 7.50. The minimum atomic E-state index is -5.87. The summed E-state index contributed by atoms with van der Waals surface area (Å²) in [6.45, 7) is 0. The molecular formula is C16H18BF3N3O9P. The Morgan fingerprint density at radius 3 is 1.82 bits per heavy atom. The number of benzene rings is 2. The van der Waals surface area contributed by atoms with Gasteiger partial charge in [0, 0.05) is 11.1 Å². The second-order valence-corrected chi connectivity index (χ2v) is 9.85. The Bertz CT molecular complexity index is 1130. The second kappa shape index (κ2) is 6.65. The molecule has 0 radical (unpaired) electrons. The van der Waals surface area contributed by atoms with Gasteiger partial charge in [0.1, 0.15) is 0 Å². The van der Waals surface area contributed by atoms with Crippen molar-refractivity contribution in [2.45, 2.75) is 35.6 Å². The van der Waals surface area contributed by atoms with Crippen molar-refractivity contribution < 1.29 is 58.0 Å². The van der Waals surface area contributed by atoms with Gasteiger partial charge in [-0.1, -0.05) is 35.0 Å². The van der Waals surface area contributed by atoms with Gasteiger partial charge in [-0.2, -0.15) is 13.2 Å². The molecule has 0 aliphatic carbocycles. The molecular weight excluding hydrogens is 477 g/mol. The van der Waals surface area contributed by atoms with Crippen LogP contribution in [0.3, 0.4) is 0 Å². The minimum absolute atomic E-state index is 0.0949. The Kier molecular flexibility index (Phi) is 4.90. The van der Waals surface area contributed by atoms with E-state index in [-0.39, 0.29) is 21.1 Å². The molecule has 180 valence electrons. The highest BCUT2D eigenvalue weighted by atomic mass is 31.2. The quantitative estimate of drug-likeness (QED) is 0.0746. The number of nitrogen functional groups attached to an aromatic ring is 1. The molecule has 2 aliphatic rings. The van der Waals surface area contributed by atoms with Crippen LogP contribution >= 0.6 is 7.67 Å². The molecule has 4 atom stereocenters. The van der Waals surface area contributed by atoms with Crippen LogP contribution in [0.4, 0.5) is 18.9 Å².